The van der Waals surface area contributed by atoms with Gasteiger partial charge in [-0.15, -0.1) is 0 Å². The minimum atomic E-state index is 0.427. The molecule has 1 aliphatic rings. The predicted octanol–water partition coefficient (Wildman–Crippen LogP) is 1.79. The second kappa shape index (κ2) is 4.72. The van der Waals surface area contributed by atoms with Crippen molar-refractivity contribution in [3.8, 4) is 0 Å². The van der Waals surface area contributed by atoms with Gasteiger partial charge in [-0.2, -0.15) is 10.2 Å². The largest absolute Gasteiger partial charge is 0.290 e. The van der Waals surface area contributed by atoms with Crippen LogP contribution in [0.4, 0.5) is 0 Å². The van der Waals surface area contributed by atoms with Crippen molar-refractivity contribution in [2.24, 2.45) is 0 Å². The zero-order valence-electron chi connectivity index (χ0n) is 11.1. The fourth-order valence-corrected chi connectivity index (χ4v) is 3.03. The number of likely N-dealkylation sites (tertiary alicyclic amines) is 1. The molecule has 4 rings (SSSR count). The van der Waals surface area contributed by atoms with Gasteiger partial charge in [-0.1, -0.05) is 0 Å². The standard InChI is InChI=1S/C14H16N6/c1-3-13(12-4-6-16-18-12)19(7-1)10-11-9-17-20-8-2-5-15-14(11)20/h2,4-6,8-9,13H,1,3,7,10H2,(H,16,18)/t13-/m1/s1. The maximum atomic E-state index is 4.42. The third kappa shape index (κ3) is 1.89. The number of nitrogens with one attached hydrogen (secondary N) is 1. The normalized spacial score (nSPS) is 19.9. The summed E-state index contributed by atoms with van der Waals surface area (Å²) in [4.78, 5) is 6.90. The zero-order valence-corrected chi connectivity index (χ0v) is 11.1. The fourth-order valence-electron chi connectivity index (χ4n) is 3.03. The molecule has 102 valence electrons. The molecule has 0 spiro atoms. The molecule has 20 heavy (non-hydrogen) atoms. The molecule has 0 aliphatic carbocycles. The Morgan fingerprint density at radius 1 is 1.35 bits per heavy atom. The van der Waals surface area contributed by atoms with Crippen LogP contribution in [0.5, 0.6) is 0 Å². The Labute approximate surface area is 116 Å². The molecule has 0 aromatic carbocycles. The Kier molecular flexibility index (Phi) is 2.74. The number of rotatable bonds is 3. The van der Waals surface area contributed by atoms with Crippen molar-refractivity contribution in [2.75, 3.05) is 6.54 Å². The molecule has 6 nitrogen and oxygen atoms in total. The molecule has 1 fully saturated rings. The van der Waals surface area contributed by atoms with Crippen LogP contribution >= 0.6 is 0 Å². The molecule has 1 atom stereocenters. The Hall–Kier alpha value is -2.21. The SMILES string of the molecule is c1cnc2c(CN3CCC[C@@H]3c3ccn[nH]3)cnn2c1. The van der Waals surface area contributed by atoms with Crippen LogP contribution in [0.3, 0.4) is 0 Å². The molecule has 1 saturated heterocycles. The van der Waals surface area contributed by atoms with Gasteiger partial charge in [-0.25, -0.2) is 9.50 Å². The van der Waals surface area contributed by atoms with E-state index in [0.717, 1.165) is 18.7 Å². The van der Waals surface area contributed by atoms with E-state index in [-0.39, 0.29) is 0 Å². The number of H-pyrrole nitrogens is 1. The van der Waals surface area contributed by atoms with E-state index in [1.54, 1.807) is 0 Å². The smallest absolute Gasteiger partial charge is 0.159 e. The van der Waals surface area contributed by atoms with Gasteiger partial charge in [0.05, 0.1) is 17.9 Å². The number of fused-ring (bicyclic) bond motifs is 1. The van der Waals surface area contributed by atoms with Gasteiger partial charge in [0.15, 0.2) is 5.65 Å². The Morgan fingerprint density at radius 2 is 2.35 bits per heavy atom. The van der Waals surface area contributed by atoms with E-state index in [1.807, 2.05) is 35.4 Å². The van der Waals surface area contributed by atoms with Gasteiger partial charge in [0.1, 0.15) is 0 Å². The third-order valence-electron chi connectivity index (χ3n) is 3.97. The van der Waals surface area contributed by atoms with Gasteiger partial charge in [0.2, 0.25) is 0 Å². The molecule has 0 unspecified atom stereocenters. The van der Waals surface area contributed by atoms with Crippen molar-refractivity contribution in [3.63, 3.8) is 0 Å². The number of nitrogens with zero attached hydrogens (tertiary/aromatic N) is 5. The molecular weight excluding hydrogens is 252 g/mol. The van der Waals surface area contributed by atoms with E-state index < -0.39 is 0 Å². The summed E-state index contributed by atoms with van der Waals surface area (Å²) in [6.45, 7) is 1.98. The highest BCUT2D eigenvalue weighted by atomic mass is 15.3. The Balaban J connectivity index is 1.62. The molecule has 1 N–H and O–H groups in total. The first-order valence-electron chi connectivity index (χ1n) is 6.92. The Morgan fingerprint density at radius 3 is 3.25 bits per heavy atom. The van der Waals surface area contributed by atoms with Crippen LogP contribution in [0.1, 0.15) is 30.1 Å². The third-order valence-corrected chi connectivity index (χ3v) is 3.97. The van der Waals surface area contributed by atoms with E-state index >= 15 is 0 Å². The van der Waals surface area contributed by atoms with Crippen LogP contribution in [0.15, 0.2) is 36.9 Å². The van der Waals surface area contributed by atoms with Crippen molar-refractivity contribution in [1.29, 1.82) is 0 Å². The molecule has 0 saturated carbocycles. The highest BCUT2D eigenvalue weighted by molar-refractivity contribution is 5.45. The molecule has 1 aliphatic heterocycles. The molecule has 4 heterocycles. The van der Waals surface area contributed by atoms with E-state index in [9.17, 15) is 0 Å². The van der Waals surface area contributed by atoms with Crippen LogP contribution in [0.2, 0.25) is 0 Å². The first-order chi connectivity index (χ1) is 9.92. The Bertz CT molecular complexity index is 701. The molecule has 3 aromatic rings. The highest BCUT2D eigenvalue weighted by Gasteiger charge is 2.27. The van der Waals surface area contributed by atoms with Crippen LogP contribution in [0.25, 0.3) is 5.65 Å². The maximum Gasteiger partial charge on any atom is 0.159 e. The second-order valence-electron chi connectivity index (χ2n) is 5.20. The molecule has 0 bridgehead atoms. The summed E-state index contributed by atoms with van der Waals surface area (Å²) in [7, 11) is 0. The summed E-state index contributed by atoms with van der Waals surface area (Å²) >= 11 is 0. The first-order valence-corrected chi connectivity index (χ1v) is 6.92. The van der Waals surface area contributed by atoms with Crippen molar-refractivity contribution in [3.05, 3.63) is 48.2 Å². The second-order valence-corrected chi connectivity index (χ2v) is 5.20. The minimum absolute atomic E-state index is 0.427. The van der Waals surface area contributed by atoms with Gasteiger partial charge in [-0.3, -0.25) is 10.00 Å². The van der Waals surface area contributed by atoms with Gasteiger partial charge >= 0.3 is 0 Å². The summed E-state index contributed by atoms with van der Waals surface area (Å²) in [5.41, 5.74) is 3.33. The highest BCUT2D eigenvalue weighted by Crippen LogP contribution is 2.32. The average molecular weight is 268 g/mol. The van der Waals surface area contributed by atoms with Crippen molar-refractivity contribution < 1.29 is 0 Å². The van der Waals surface area contributed by atoms with E-state index in [4.69, 9.17) is 0 Å². The van der Waals surface area contributed by atoms with Gasteiger partial charge in [-0.05, 0) is 31.5 Å². The van der Waals surface area contributed by atoms with Crippen molar-refractivity contribution >= 4 is 5.65 Å². The zero-order chi connectivity index (χ0) is 13.4. The summed E-state index contributed by atoms with van der Waals surface area (Å²) in [5.74, 6) is 0. The predicted molar refractivity (Wildman–Crippen MR) is 74.0 cm³/mol. The van der Waals surface area contributed by atoms with Crippen molar-refractivity contribution in [2.45, 2.75) is 25.4 Å². The number of aromatic amines is 1. The monoisotopic (exact) mass is 268 g/mol. The lowest BCUT2D eigenvalue weighted by atomic mass is 10.1. The topological polar surface area (TPSA) is 62.1 Å². The lowest BCUT2D eigenvalue weighted by molar-refractivity contribution is 0.245. The average Bonchev–Trinajstić information content (AvgIpc) is 3.19. The van der Waals surface area contributed by atoms with Crippen LogP contribution in [-0.4, -0.2) is 36.2 Å². The number of hydrogen-bond donors (Lipinski definition) is 1. The summed E-state index contributed by atoms with van der Waals surface area (Å²) in [6.07, 6.45) is 9.89. The van der Waals surface area contributed by atoms with Crippen LogP contribution in [0, 0.1) is 0 Å². The lowest BCUT2D eigenvalue weighted by Gasteiger charge is -2.22. The lowest BCUT2D eigenvalue weighted by Crippen LogP contribution is -2.23. The summed E-state index contributed by atoms with van der Waals surface area (Å²) in [5, 5.41) is 11.5. The molecular formula is C14H16N6. The minimum Gasteiger partial charge on any atom is -0.290 e. The summed E-state index contributed by atoms with van der Waals surface area (Å²) in [6, 6.07) is 4.39. The van der Waals surface area contributed by atoms with Crippen LogP contribution < -0.4 is 0 Å². The van der Waals surface area contributed by atoms with E-state index in [0.29, 0.717) is 6.04 Å². The van der Waals surface area contributed by atoms with Gasteiger partial charge < -0.3 is 0 Å². The fraction of sp³-hybridized carbons (Fsp3) is 0.357. The summed E-state index contributed by atoms with van der Waals surface area (Å²) < 4.78 is 1.83. The first kappa shape index (κ1) is 11.6. The molecule has 0 radical (unpaired) electrons. The van der Waals surface area contributed by atoms with Gasteiger partial charge in [0.25, 0.3) is 0 Å². The maximum absolute atomic E-state index is 4.42. The van der Waals surface area contributed by atoms with Gasteiger partial charge in [0, 0.05) is 30.7 Å². The quantitative estimate of drug-likeness (QED) is 0.786. The van der Waals surface area contributed by atoms with E-state index in [2.05, 4.69) is 31.2 Å². The van der Waals surface area contributed by atoms with Crippen LogP contribution in [-0.2, 0) is 6.54 Å². The van der Waals surface area contributed by atoms with Crippen molar-refractivity contribution in [1.82, 2.24) is 29.7 Å². The molecule has 6 heteroatoms. The number of hydrogen-bond acceptors (Lipinski definition) is 4. The molecule has 3 aromatic heterocycles. The number of aromatic nitrogens is 5. The molecule has 0 amide bonds. The van der Waals surface area contributed by atoms with E-state index in [1.165, 1.54) is 24.1 Å².